The van der Waals surface area contributed by atoms with Gasteiger partial charge in [0.05, 0.1) is 11.9 Å². The molecule has 186 valence electrons. The Hall–Kier alpha value is -2.00. The van der Waals surface area contributed by atoms with Crippen molar-refractivity contribution in [3.05, 3.63) is 62.6 Å². The Labute approximate surface area is 216 Å². The van der Waals surface area contributed by atoms with Crippen molar-refractivity contribution in [2.45, 2.75) is 46.3 Å². The molecule has 1 atom stereocenters. The van der Waals surface area contributed by atoms with E-state index in [1.165, 1.54) is 11.0 Å². The van der Waals surface area contributed by atoms with Crippen molar-refractivity contribution in [2.75, 3.05) is 17.1 Å². The maximum absolute atomic E-state index is 13.5. The maximum atomic E-state index is 13.5. The zero-order valence-electron chi connectivity index (χ0n) is 19.6. The Bertz CT molecular complexity index is 1150. The molecule has 11 heteroatoms. The van der Waals surface area contributed by atoms with E-state index in [1.54, 1.807) is 58.0 Å². The highest BCUT2D eigenvalue weighted by Gasteiger charge is 2.31. The molecule has 1 N–H and O–H groups in total. The summed E-state index contributed by atoms with van der Waals surface area (Å²) in [6.07, 6.45) is 0.998. The Balaban J connectivity index is 2.47. The summed E-state index contributed by atoms with van der Waals surface area (Å²) < 4.78 is 26.1. The van der Waals surface area contributed by atoms with Gasteiger partial charge >= 0.3 is 0 Å². The lowest BCUT2D eigenvalue weighted by atomic mass is 10.1. The maximum Gasteiger partial charge on any atom is 0.244 e. The summed E-state index contributed by atoms with van der Waals surface area (Å²) in [5.41, 5.74) is 1.45. The average molecular weight is 549 g/mol. The predicted octanol–water partition coefficient (Wildman–Crippen LogP) is 4.66. The van der Waals surface area contributed by atoms with Crippen LogP contribution < -0.4 is 9.62 Å². The number of carbonyl (C=O) groups is 2. The van der Waals surface area contributed by atoms with Crippen molar-refractivity contribution < 1.29 is 18.0 Å². The van der Waals surface area contributed by atoms with Crippen LogP contribution in [0.2, 0.25) is 15.1 Å². The zero-order chi connectivity index (χ0) is 25.8. The second-order valence-electron chi connectivity index (χ2n) is 8.26. The van der Waals surface area contributed by atoms with Crippen molar-refractivity contribution in [2.24, 2.45) is 0 Å². The summed E-state index contributed by atoms with van der Waals surface area (Å²) in [6.45, 7) is 6.32. The average Bonchev–Trinajstić information content (AvgIpc) is 2.72. The van der Waals surface area contributed by atoms with E-state index in [2.05, 4.69) is 5.32 Å². The van der Waals surface area contributed by atoms with Crippen molar-refractivity contribution in [3.8, 4) is 0 Å². The van der Waals surface area contributed by atoms with Crippen LogP contribution in [0.3, 0.4) is 0 Å². The number of nitrogens with zero attached hydrogens (tertiary/aromatic N) is 2. The number of nitrogens with one attached hydrogen (secondary N) is 1. The number of rotatable bonds is 9. The molecule has 0 saturated carbocycles. The summed E-state index contributed by atoms with van der Waals surface area (Å²) in [5.74, 6) is -1.000. The summed E-state index contributed by atoms with van der Waals surface area (Å²) in [6, 6.07) is 8.56. The van der Waals surface area contributed by atoms with E-state index >= 15 is 0 Å². The highest BCUT2D eigenvalue weighted by Crippen LogP contribution is 2.28. The minimum Gasteiger partial charge on any atom is -0.352 e. The standard InChI is InChI=1S/C23H28Cl3N3O4S/c1-14(2)27-23(31)16(4)28(12-18-19(24)7-6-8-20(18)25)22(30)13-29(34(5,32)33)17-10-9-15(3)21(26)11-17/h6-11,14,16H,12-13H2,1-5H3,(H,27,31)/t16-/m0/s1. The molecule has 0 unspecified atom stereocenters. The van der Waals surface area contributed by atoms with Crippen LogP contribution in [0.5, 0.6) is 0 Å². The molecule has 2 amide bonds. The van der Waals surface area contributed by atoms with Gasteiger partial charge in [0.25, 0.3) is 0 Å². The SMILES string of the molecule is Cc1ccc(N(CC(=O)N(Cc2c(Cl)cccc2Cl)[C@@H](C)C(=O)NC(C)C)S(C)(=O)=O)cc1Cl. The summed E-state index contributed by atoms with van der Waals surface area (Å²) >= 11 is 18.8. The van der Waals surface area contributed by atoms with Gasteiger partial charge in [-0.15, -0.1) is 0 Å². The number of amides is 2. The second-order valence-corrected chi connectivity index (χ2v) is 11.4. The monoisotopic (exact) mass is 547 g/mol. The third kappa shape index (κ3) is 7.25. The zero-order valence-corrected chi connectivity index (χ0v) is 22.7. The van der Waals surface area contributed by atoms with E-state index in [4.69, 9.17) is 34.8 Å². The first-order valence-electron chi connectivity index (χ1n) is 10.5. The number of anilines is 1. The van der Waals surface area contributed by atoms with Gasteiger partial charge in [0.15, 0.2) is 0 Å². The Kier molecular flexibility index (Phi) is 9.65. The summed E-state index contributed by atoms with van der Waals surface area (Å²) in [5, 5.41) is 3.79. The molecule has 0 aliphatic carbocycles. The molecule has 0 saturated heterocycles. The van der Waals surface area contributed by atoms with E-state index in [0.717, 1.165) is 16.1 Å². The number of carbonyl (C=O) groups excluding carboxylic acids is 2. The smallest absolute Gasteiger partial charge is 0.244 e. The number of halogens is 3. The molecule has 0 heterocycles. The molecule has 34 heavy (non-hydrogen) atoms. The van der Waals surface area contributed by atoms with Crippen LogP contribution in [0.4, 0.5) is 5.69 Å². The molecule has 0 bridgehead atoms. The van der Waals surface area contributed by atoms with Crippen LogP contribution in [0.1, 0.15) is 31.9 Å². The van der Waals surface area contributed by atoms with E-state index in [-0.39, 0.29) is 18.3 Å². The lowest BCUT2D eigenvalue weighted by Gasteiger charge is -2.32. The Morgan fingerprint density at radius 3 is 2.09 bits per heavy atom. The third-order valence-electron chi connectivity index (χ3n) is 5.11. The highest BCUT2D eigenvalue weighted by atomic mass is 35.5. The largest absolute Gasteiger partial charge is 0.352 e. The van der Waals surface area contributed by atoms with E-state index in [0.29, 0.717) is 20.6 Å². The second kappa shape index (κ2) is 11.6. The number of aryl methyl sites for hydroxylation is 1. The fourth-order valence-electron chi connectivity index (χ4n) is 3.19. The molecule has 0 aliphatic rings. The molecule has 2 aromatic carbocycles. The van der Waals surface area contributed by atoms with Crippen LogP contribution in [-0.2, 0) is 26.2 Å². The van der Waals surface area contributed by atoms with Crippen molar-refractivity contribution in [1.29, 1.82) is 0 Å². The van der Waals surface area contributed by atoms with Gasteiger partial charge in [-0.05, 0) is 57.5 Å². The first-order valence-corrected chi connectivity index (χ1v) is 13.5. The van der Waals surface area contributed by atoms with Gasteiger partial charge in [0.1, 0.15) is 12.6 Å². The lowest BCUT2D eigenvalue weighted by Crippen LogP contribution is -2.52. The van der Waals surface area contributed by atoms with Crippen molar-refractivity contribution in [1.82, 2.24) is 10.2 Å². The molecule has 0 aromatic heterocycles. The molecular formula is C23H28Cl3N3O4S. The van der Waals surface area contributed by atoms with Gasteiger partial charge in [0, 0.05) is 33.2 Å². The molecule has 0 aliphatic heterocycles. The first kappa shape index (κ1) is 28.2. The molecule has 2 aromatic rings. The molecule has 0 radical (unpaired) electrons. The van der Waals surface area contributed by atoms with Gasteiger partial charge in [-0.2, -0.15) is 0 Å². The minimum atomic E-state index is -3.86. The number of benzene rings is 2. The predicted molar refractivity (Wildman–Crippen MR) is 138 cm³/mol. The first-order chi connectivity index (χ1) is 15.7. The number of hydrogen-bond donors (Lipinski definition) is 1. The normalized spacial score (nSPS) is 12.4. The Morgan fingerprint density at radius 1 is 1.00 bits per heavy atom. The van der Waals surface area contributed by atoms with Crippen molar-refractivity contribution in [3.63, 3.8) is 0 Å². The fourth-order valence-corrected chi connectivity index (χ4v) is 4.73. The van der Waals surface area contributed by atoms with Crippen LogP contribution in [0.25, 0.3) is 0 Å². The van der Waals surface area contributed by atoms with Crippen LogP contribution in [-0.4, -0.2) is 50.0 Å². The number of sulfonamides is 1. The lowest BCUT2D eigenvalue weighted by molar-refractivity contribution is -0.139. The van der Waals surface area contributed by atoms with E-state index in [1.807, 2.05) is 0 Å². The molecule has 7 nitrogen and oxygen atoms in total. The van der Waals surface area contributed by atoms with Gasteiger partial charge < -0.3 is 10.2 Å². The Morgan fingerprint density at radius 2 is 1.59 bits per heavy atom. The molecular weight excluding hydrogens is 521 g/mol. The van der Waals surface area contributed by atoms with Crippen molar-refractivity contribution >= 4 is 62.3 Å². The topological polar surface area (TPSA) is 86.8 Å². The summed E-state index contributed by atoms with van der Waals surface area (Å²) in [4.78, 5) is 27.5. The minimum absolute atomic E-state index is 0.0870. The number of hydrogen-bond acceptors (Lipinski definition) is 4. The van der Waals surface area contributed by atoms with Gasteiger partial charge in [-0.1, -0.05) is 46.9 Å². The molecule has 0 spiro atoms. The van der Waals surface area contributed by atoms with Crippen LogP contribution in [0.15, 0.2) is 36.4 Å². The fraction of sp³-hybridized carbons (Fsp3) is 0.391. The quantitative estimate of drug-likeness (QED) is 0.494. The summed E-state index contributed by atoms with van der Waals surface area (Å²) in [7, 11) is -3.86. The molecule has 2 rings (SSSR count). The third-order valence-corrected chi connectivity index (χ3v) is 7.37. The highest BCUT2D eigenvalue weighted by molar-refractivity contribution is 7.92. The van der Waals surface area contributed by atoms with E-state index in [9.17, 15) is 18.0 Å². The van der Waals surface area contributed by atoms with Gasteiger partial charge in [-0.25, -0.2) is 8.42 Å². The molecule has 0 fully saturated rings. The van der Waals surface area contributed by atoms with E-state index < -0.39 is 34.4 Å². The van der Waals surface area contributed by atoms with Gasteiger partial charge in [-0.3, -0.25) is 13.9 Å². The van der Waals surface area contributed by atoms with Gasteiger partial charge in [0.2, 0.25) is 21.8 Å². The van der Waals surface area contributed by atoms with Crippen LogP contribution in [0, 0.1) is 6.92 Å². The van der Waals surface area contributed by atoms with Crippen LogP contribution >= 0.6 is 34.8 Å².